The van der Waals surface area contributed by atoms with Crippen molar-refractivity contribution in [2.24, 2.45) is 0 Å². The van der Waals surface area contributed by atoms with E-state index >= 15 is 0 Å². The first-order valence-electron chi connectivity index (χ1n) is 13.0. The predicted octanol–water partition coefficient (Wildman–Crippen LogP) is 2.65. The molecule has 0 unspecified atom stereocenters. The van der Waals surface area contributed by atoms with E-state index in [1.807, 2.05) is 29.2 Å². The Bertz CT molecular complexity index is 1060. The number of nitrogens with one attached hydrogen (secondary N) is 1. The van der Waals surface area contributed by atoms with Gasteiger partial charge < -0.3 is 19.9 Å². The molecule has 0 radical (unpaired) electrons. The summed E-state index contributed by atoms with van der Waals surface area (Å²) >= 11 is 7.53. The third-order valence-electron chi connectivity index (χ3n) is 7.68. The largest absolute Gasteiger partial charge is 0.379 e. The summed E-state index contributed by atoms with van der Waals surface area (Å²) in [5, 5.41) is 4.71. The van der Waals surface area contributed by atoms with Crippen LogP contribution >= 0.6 is 35.3 Å². The number of piperidine rings is 1. The molecule has 5 rings (SSSR count). The van der Waals surface area contributed by atoms with Crippen molar-refractivity contribution >= 4 is 57.2 Å². The van der Waals surface area contributed by atoms with Crippen LogP contribution in [0.5, 0.6) is 0 Å². The SMILES string of the molecule is CN1CCC(N2CCN(C(=O)[C@@H](CN3CCOCC3)NC(=O)c3cc4ccc(Cl)cc4s3)CC2)CC1.Cl. The summed E-state index contributed by atoms with van der Waals surface area (Å²) in [5.41, 5.74) is 0. The number of carbonyl (C=O) groups excluding carboxylic acids is 2. The van der Waals surface area contributed by atoms with Crippen LogP contribution in [0.4, 0.5) is 0 Å². The number of hydrogen-bond donors (Lipinski definition) is 1. The van der Waals surface area contributed by atoms with Crippen LogP contribution in [0.15, 0.2) is 24.3 Å². The Hall–Kier alpha value is -1.46. The summed E-state index contributed by atoms with van der Waals surface area (Å²) in [5.74, 6) is -0.189. The minimum absolute atomic E-state index is 0. The van der Waals surface area contributed by atoms with Gasteiger partial charge in [0.15, 0.2) is 0 Å². The van der Waals surface area contributed by atoms with Crippen molar-refractivity contribution in [3.63, 3.8) is 0 Å². The number of rotatable bonds is 6. The molecule has 4 heterocycles. The highest BCUT2D eigenvalue weighted by atomic mass is 35.5. The van der Waals surface area contributed by atoms with Gasteiger partial charge in [0, 0.05) is 61.6 Å². The zero-order valence-corrected chi connectivity index (χ0v) is 23.8. The Morgan fingerprint density at radius 3 is 2.46 bits per heavy atom. The summed E-state index contributed by atoms with van der Waals surface area (Å²) in [6.07, 6.45) is 2.39. The average Bonchev–Trinajstić information content (AvgIpc) is 3.32. The van der Waals surface area contributed by atoms with Crippen LogP contribution in [0.2, 0.25) is 5.02 Å². The third-order valence-corrected chi connectivity index (χ3v) is 9.02. The van der Waals surface area contributed by atoms with Crippen LogP contribution < -0.4 is 5.32 Å². The molecule has 3 aliphatic heterocycles. The number of carbonyl (C=O) groups is 2. The van der Waals surface area contributed by atoms with Gasteiger partial charge in [-0.15, -0.1) is 23.7 Å². The molecule has 0 saturated carbocycles. The van der Waals surface area contributed by atoms with Gasteiger partial charge in [-0.2, -0.15) is 0 Å². The quantitative estimate of drug-likeness (QED) is 0.577. The fourth-order valence-corrected chi connectivity index (χ4v) is 6.70. The molecular weight excluding hydrogens is 533 g/mol. The minimum atomic E-state index is -0.584. The molecule has 3 fully saturated rings. The van der Waals surface area contributed by atoms with Gasteiger partial charge >= 0.3 is 0 Å². The molecule has 3 saturated heterocycles. The van der Waals surface area contributed by atoms with Gasteiger partial charge in [0.2, 0.25) is 5.91 Å². The fraction of sp³-hybridized carbons (Fsp3) is 0.615. The monoisotopic (exact) mass is 569 g/mol. The molecule has 0 aliphatic carbocycles. The van der Waals surface area contributed by atoms with Crippen molar-refractivity contribution in [2.75, 3.05) is 79.2 Å². The number of benzene rings is 1. The number of amides is 2. The summed E-state index contributed by atoms with van der Waals surface area (Å²) in [6, 6.07) is 7.53. The molecule has 8 nitrogen and oxygen atoms in total. The highest BCUT2D eigenvalue weighted by molar-refractivity contribution is 7.20. The molecule has 1 aromatic heterocycles. The lowest BCUT2D eigenvalue weighted by Crippen LogP contribution is -2.59. The van der Waals surface area contributed by atoms with Crippen molar-refractivity contribution in [1.29, 1.82) is 0 Å². The standard InChI is InChI=1S/C26H36ClN5O3S.ClH/c1-29-6-4-21(5-7-29)31-8-10-32(11-9-31)26(34)22(18-30-12-14-35-15-13-30)28-25(33)24-16-19-2-3-20(27)17-23(19)36-24;/h2-3,16-17,21-22H,4-15,18H2,1H3,(H,28,33);1H/t22-;/m1./s1. The van der Waals surface area contributed by atoms with E-state index in [2.05, 4.69) is 27.1 Å². The van der Waals surface area contributed by atoms with E-state index in [4.69, 9.17) is 16.3 Å². The first kappa shape index (κ1) is 28.5. The van der Waals surface area contributed by atoms with E-state index in [-0.39, 0.29) is 24.2 Å². The van der Waals surface area contributed by atoms with Crippen molar-refractivity contribution in [2.45, 2.75) is 24.9 Å². The highest BCUT2D eigenvalue weighted by Gasteiger charge is 2.33. The maximum atomic E-state index is 13.7. The Morgan fingerprint density at radius 2 is 1.76 bits per heavy atom. The van der Waals surface area contributed by atoms with Crippen molar-refractivity contribution < 1.29 is 14.3 Å². The highest BCUT2D eigenvalue weighted by Crippen LogP contribution is 2.28. The molecule has 0 spiro atoms. The van der Waals surface area contributed by atoms with Crippen LogP contribution in [0.25, 0.3) is 10.1 Å². The molecule has 0 bridgehead atoms. The number of morpholine rings is 1. The summed E-state index contributed by atoms with van der Waals surface area (Å²) in [7, 11) is 2.18. The van der Waals surface area contributed by atoms with E-state index in [1.165, 1.54) is 24.2 Å². The topological polar surface area (TPSA) is 68.4 Å². The number of nitrogens with zero attached hydrogens (tertiary/aromatic N) is 4. The number of piperazine rings is 1. The van der Waals surface area contributed by atoms with Gasteiger partial charge in [0.25, 0.3) is 5.91 Å². The zero-order valence-electron chi connectivity index (χ0n) is 21.4. The van der Waals surface area contributed by atoms with Gasteiger partial charge in [-0.1, -0.05) is 17.7 Å². The van der Waals surface area contributed by atoms with Crippen LogP contribution in [0, 0.1) is 0 Å². The zero-order chi connectivity index (χ0) is 25.1. The second-order valence-corrected chi connectivity index (χ2v) is 11.6. The number of halogens is 2. The van der Waals surface area contributed by atoms with Gasteiger partial charge in [0.1, 0.15) is 6.04 Å². The van der Waals surface area contributed by atoms with E-state index < -0.39 is 6.04 Å². The Morgan fingerprint density at radius 1 is 1.05 bits per heavy atom. The maximum absolute atomic E-state index is 13.7. The lowest BCUT2D eigenvalue weighted by atomic mass is 10.0. The lowest BCUT2D eigenvalue weighted by Gasteiger charge is -2.43. The van der Waals surface area contributed by atoms with E-state index in [1.54, 1.807) is 0 Å². The molecule has 2 amide bonds. The number of likely N-dealkylation sites (tertiary alicyclic amines) is 1. The van der Waals surface area contributed by atoms with Crippen molar-refractivity contribution in [1.82, 2.24) is 24.9 Å². The maximum Gasteiger partial charge on any atom is 0.262 e. The first-order valence-corrected chi connectivity index (χ1v) is 14.2. The van der Waals surface area contributed by atoms with Gasteiger partial charge in [-0.3, -0.25) is 19.4 Å². The molecule has 204 valence electrons. The normalized spacial score (nSPS) is 21.5. The lowest BCUT2D eigenvalue weighted by molar-refractivity contribution is -0.136. The summed E-state index contributed by atoms with van der Waals surface area (Å²) < 4.78 is 6.45. The number of hydrogen-bond acceptors (Lipinski definition) is 7. The Kier molecular flexibility index (Phi) is 10.1. The van der Waals surface area contributed by atoms with E-state index in [0.29, 0.717) is 48.8 Å². The second kappa shape index (κ2) is 13.1. The summed E-state index contributed by atoms with van der Waals surface area (Å²) in [6.45, 7) is 8.84. The van der Waals surface area contributed by atoms with Crippen LogP contribution in [-0.4, -0.2) is 123 Å². The molecule has 2 aromatic rings. The number of ether oxygens (including phenoxy) is 1. The van der Waals surface area contributed by atoms with Crippen molar-refractivity contribution in [3.05, 3.63) is 34.2 Å². The smallest absolute Gasteiger partial charge is 0.262 e. The predicted molar refractivity (Wildman–Crippen MR) is 151 cm³/mol. The van der Waals surface area contributed by atoms with Gasteiger partial charge in [-0.25, -0.2) is 0 Å². The van der Waals surface area contributed by atoms with E-state index in [0.717, 1.165) is 49.4 Å². The minimum Gasteiger partial charge on any atom is -0.379 e. The Labute approximate surface area is 234 Å². The average molecular weight is 571 g/mol. The third kappa shape index (κ3) is 7.15. The fourth-order valence-electron chi connectivity index (χ4n) is 5.46. The number of fused-ring (bicyclic) bond motifs is 1. The van der Waals surface area contributed by atoms with Gasteiger partial charge in [0.05, 0.1) is 18.1 Å². The van der Waals surface area contributed by atoms with Crippen LogP contribution in [-0.2, 0) is 9.53 Å². The molecule has 3 aliphatic rings. The second-order valence-electron chi connectivity index (χ2n) is 10.1. The van der Waals surface area contributed by atoms with E-state index in [9.17, 15) is 9.59 Å². The van der Waals surface area contributed by atoms with Gasteiger partial charge in [-0.05, 0) is 56.6 Å². The molecule has 1 atom stereocenters. The van der Waals surface area contributed by atoms with Crippen LogP contribution in [0.3, 0.4) is 0 Å². The molecule has 1 N–H and O–H groups in total. The van der Waals surface area contributed by atoms with Crippen molar-refractivity contribution in [3.8, 4) is 0 Å². The number of thiophene rings is 1. The first-order chi connectivity index (χ1) is 17.5. The Balaban J connectivity index is 0.00000320. The van der Waals surface area contributed by atoms with Crippen LogP contribution in [0.1, 0.15) is 22.5 Å². The molecule has 37 heavy (non-hydrogen) atoms. The molecule has 11 heteroatoms. The molecular formula is C26H37Cl2N5O3S. The molecule has 1 aromatic carbocycles. The summed E-state index contributed by atoms with van der Waals surface area (Å²) in [4.78, 5) is 36.7.